The number of nitrogens with zero attached hydrogens (tertiary/aromatic N) is 3. The molecule has 2 unspecified atom stereocenters. The normalized spacial score (nSPS) is 34.2. The highest BCUT2D eigenvalue weighted by Gasteiger charge is 2.40. The molecule has 2 saturated heterocycles. The van der Waals surface area contributed by atoms with Crippen LogP contribution in [0.4, 0.5) is 0 Å². The smallest absolute Gasteiger partial charge is 0.215 e. The van der Waals surface area contributed by atoms with Gasteiger partial charge in [0.05, 0.1) is 0 Å². The highest BCUT2D eigenvalue weighted by molar-refractivity contribution is 8.63. The van der Waals surface area contributed by atoms with Crippen LogP contribution in [0.2, 0.25) is 0 Å². The second-order valence-electron chi connectivity index (χ2n) is 5.24. The second kappa shape index (κ2) is 9.42. The van der Waals surface area contributed by atoms with Crippen LogP contribution in [0.5, 0.6) is 0 Å². The molecule has 2 spiro atoms. The molecule has 4 N–H and O–H groups in total. The topological polar surface area (TPSA) is 85.2 Å². The van der Waals surface area contributed by atoms with Crippen molar-refractivity contribution in [1.82, 2.24) is 20.3 Å². The third kappa shape index (κ3) is 5.05. The lowest BCUT2D eigenvalue weighted by Gasteiger charge is -2.33. The van der Waals surface area contributed by atoms with Gasteiger partial charge in [-0.3, -0.25) is 20.3 Å². The minimum Gasteiger partial charge on any atom is -0.257 e. The van der Waals surface area contributed by atoms with Gasteiger partial charge >= 0.3 is 0 Å². The molecule has 3 aliphatic heterocycles. The van der Waals surface area contributed by atoms with E-state index in [-0.39, 0.29) is 0 Å². The summed E-state index contributed by atoms with van der Waals surface area (Å²) in [5.74, 6) is 4.35. The largest absolute Gasteiger partial charge is 0.257 e. The molecular weight excluding hydrogens is 439 g/mol. The fourth-order valence-electron chi connectivity index (χ4n) is 2.41. The Labute approximate surface area is 162 Å². The summed E-state index contributed by atoms with van der Waals surface area (Å²) >= 11 is 7.57. The first-order chi connectivity index (χ1) is 11.7. The maximum Gasteiger partial charge on any atom is 0.215 e. The van der Waals surface area contributed by atoms with E-state index >= 15 is 0 Å². The minimum atomic E-state index is -2.12. The van der Waals surface area contributed by atoms with Gasteiger partial charge in [-0.1, -0.05) is 22.8 Å². The average molecular weight is 466 g/mol. The van der Waals surface area contributed by atoms with Gasteiger partial charge in [0, 0.05) is 49.2 Å². The molecule has 0 aliphatic carbocycles. The Kier molecular flexibility index (Phi) is 8.11. The van der Waals surface area contributed by atoms with Gasteiger partial charge < -0.3 is 0 Å². The molecule has 0 bridgehead atoms. The van der Waals surface area contributed by atoms with Crippen LogP contribution in [-0.4, -0.2) is 61.7 Å². The van der Waals surface area contributed by atoms with Crippen LogP contribution in [-0.2, 0) is 0 Å². The fraction of sp³-hybridized carbons (Fsp3) is 1.00. The van der Waals surface area contributed by atoms with Crippen LogP contribution in [0.1, 0.15) is 0 Å². The summed E-state index contributed by atoms with van der Waals surface area (Å²) in [6, 6.07) is 0. The van der Waals surface area contributed by atoms with Crippen molar-refractivity contribution < 1.29 is 0 Å². The molecule has 2 atom stereocenters. The first kappa shape index (κ1) is 20.7. The molecule has 24 heavy (non-hydrogen) atoms. The Hall–Kier alpha value is 1.93. The van der Waals surface area contributed by atoms with Crippen LogP contribution < -0.4 is 20.3 Å². The van der Waals surface area contributed by atoms with Crippen molar-refractivity contribution in [3.63, 3.8) is 0 Å². The molecule has 0 aromatic rings. The summed E-state index contributed by atoms with van der Waals surface area (Å²) in [4.78, 5) is 0. The van der Waals surface area contributed by atoms with Gasteiger partial charge in [0.25, 0.3) is 0 Å². The van der Waals surface area contributed by atoms with Crippen LogP contribution in [0, 0.1) is 0 Å². The van der Waals surface area contributed by atoms with Crippen LogP contribution in [0.15, 0.2) is 13.5 Å². The zero-order valence-electron chi connectivity index (χ0n) is 14.0. The van der Waals surface area contributed by atoms with E-state index in [1.165, 1.54) is 0 Å². The maximum atomic E-state index is 5.28. The number of rotatable bonds is 8. The van der Waals surface area contributed by atoms with Crippen LogP contribution in [0.3, 0.4) is 0 Å². The molecule has 2 fully saturated rings. The summed E-state index contributed by atoms with van der Waals surface area (Å²) in [6.07, 6.45) is 4.29. The van der Waals surface area contributed by atoms with Crippen molar-refractivity contribution in [1.29, 1.82) is 0 Å². The molecule has 0 radical (unpaired) electrons. The summed E-state index contributed by atoms with van der Waals surface area (Å²) in [5.41, 5.74) is 0. The van der Waals surface area contributed by atoms with E-state index in [4.69, 9.17) is 13.5 Å². The Balaban J connectivity index is 1.98. The zero-order valence-corrected chi connectivity index (χ0v) is 19.9. The van der Waals surface area contributed by atoms with Crippen molar-refractivity contribution in [2.45, 2.75) is 0 Å². The summed E-state index contributed by atoms with van der Waals surface area (Å²) in [6.45, 7) is 0.130. The van der Waals surface area contributed by atoms with Crippen molar-refractivity contribution in [3.8, 4) is 0 Å². The SMILES string of the molecule is CSCCNP1(NCCSC)=NP2(=NP3(=N1)NCCS3)NCCS2. The maximum absolute atomic E-state index is 5.28. The summed E-state index contributed by atoms with van der Waals surface area (Å²) in [7, 11) is -2.12. The Morgan fingerprint density at radius 3 is 1.88 bits per heavy atom. The van der Waals surface area contributed by atoms with Crippen molar-refractivity contribution in [3.05, 3.63) is 0 Å². The predicted octanol–water partition coefficient (Wildman–Crippen LogP) is 4.42. The van der Waals surface area contributed by atoms with Crippen molar-refractivity contribution in [2.24, 2.45) is 13.5 Å². The molecule has 0 aromatic heterocycles. The quantitative estimate of drug-likeness (QED) is 0.310. The Bertz CT molecular complexity index is 564. The monoisotopic (exact) mass is 465 g/mol. The third-order valence-corrected chi connectivity index (χ3v) is 21.3. The molecule has 3 heterocycles. The minimum absolute atomic E-state index is 0.934. The Morgan fingerprint density at radius 2 is 1.42 bits per heavy atom. The van der Waals surface area contributed by atoms with Crippen molar-refractivity contribution in [2.75, 3.05) is 61.7 Å². The van der Waals surface area contributed by atoms with Gasteiger partial charge in [-0.2, -0.15) is 37.1 Å². The molecule has 14 heteroatoms. The van der Waals surface area contributed by atoms with Crippen LogP contribution >= 0.6 is 66.9 Å². The second-order valence-corrected chi connectivity index (χ2v) is 19.9. The predicted molar refractivity (Wildman–Crippen MR) is 122 cm³/mol. The molecule has 7 nitrogen and oxygen atoms in total. The van der Waals surface area contributed by atoms with Gasteiger partial charge in [0.1, 0.15) is 0 Å². The summed E-state index contributed by atoms with van der Waals surface area (Å²) < 4.78 is 15.8. The molecule has 0 amide bonds. The summed E-state index contributed by atoms with van der Waals surface area (Å²) in [5, 5.41) is 14.7. The van der Waals surface area contributed by atoms with Gasteiger partial charge in [-0.05, 0) is 12.5 Å². The average Bonchev–Trinajstić information content (AvgIpc) is 3.17. The fourth-order valence-corrected chi connectivity index (χ4v) is 24.1. The third-order valence-electron chi connectivity index (χ3n) is 3.40. The molecule has 3 rings (SSSR count). The van der Waals surface area contributed by atoms with E-state index in [0.717, 1.165) is 49.2 Å². The van der Waals surface area contributed by atoms with Gasteiger partial charge in [0.2, 0.25) is 20.6 Å². The number of nitrogens with one attached hydrogen (secondary N) is 4. The number of hydrogen-bond donors (Lipinski definition) is 4. The van der Waals surface area contributed by atoms with E-state index in [2.05, 4.69) is 32.9 Å². The van der Waals surface area contributed by atoms with E-state index in [1.807, 2.05) is 46.3 Å². The molecule has 140 valence electrons. The van der Waals surface area contributed by atoms with E-state index < -0.39 is 20.6 Å². The molecule has 0 aromatic carbocycles. The van der Waals surface area contributed by atoms with Crippen LogP contribution in [0.25, 0.3) is 0 Å². The van der Waals surface area contributed by atoms with Gasteiger partial charge in [-0.25, -0.2) is 0 Å². The van der Waals surface area contributed by atoms with E-state index in [1.54, 1.807) is 0 Å². The lowest BCUT2D eigenvalue weighted by molar-refractivity contribution is 0.934. The van der Waals surface area contributed by atoms with E-state index in [0.29, 0.717) is 0 Å². The standard InChI is InChI=1S/C10H26N7P3S4/c1-21-7-3-11-18(12-4-8-22-2)15-19(13-5-9-23-19)17-20(16-18)14-6-10-24-20/h11-14H,3-10H2,1-2H3. The first-order valence-corrected chi connectivity index (χ1v) is 18.9. The highest BCUT2D eigenvalue weighted by Crippen LogP contribution is 2.82. The highest BCUT2D eigenvalue weighted by atomic mass is 32.7. The van der Waals surface area contributed by atoms with Crippen molar-refractivity contribution >= 4 is 66.9 Å². The lowest BCUT2D eigenvalue weighted by atomic mass is 10.8. The van der Waals surface area contributed by atoms with E-state index in [9.17, 15) is 0 Å². The first-order valence-electron chi connectivity index (χ1n) is 7.84. The van der Waals surface area contributed by atoms with Gasteiger partial charge in [-0.15, -0.1) is 0 Å². The number of thioether (sulfide) groups is 2. The molecule has 0 saturated carbocycles. The molecular formula is C10H26N7P3S4. The lowest BCUT2D eigenvalue weighted by Crippen LogP contribution is -2.26. The number of hydrogen-bond acceptors (Lipinski definition) is 11. The zero-order chi connectivity index (χ0) is 16.9. The Morgan fingerprint density at radius 1 is 0.875 bits per heavy atom. The molecule has 3 aliphatic rings. The van der Waals surface area contributed by atoms with Gasteiger partial charge in [0.15, 0.2) is 0 Å².